The Kier molecular flexibility index (Phi) is 4.76. The zero-order valence-electron chi connectivity index (χ0n) is 13.3. The number of hydrogen-bond donors (Lipinski definition) is 1. The number of aryl methyl sites for hydroxylation is 3. The Balaban J connectivity index is 2.41. The van der Waals surface area contributed by atoms with Crippen molar-refractivity contribution >= 4 is 15.7 Å². The average Bonchev–Trinajstić information content (AvgIpc) is 2.45. The molecule has 2 aromatic carbocycles. The molecule has 0 saturated carbocycles. The van der Waals surface area contributed by atoms with Gasteiger partial charge in [-0.05, 0) is 68.7 Å². The number of rotatable bonds is 5. The normalized spacial score (nSPS) is 11.3. The second kappa shape index (κ2) is 6.40. The molecule has 0 heterocycles. The quantitative estimate of drug-likeness (QED) is 0.911. The van der Waals surface area contributed by atoms with E-state index >= 15 is 0 Å². The van der Waals surface area contributed by atoms with E-state index in [1.165, 1.54) is 0 Å². The Labute approximate surface area is 132 Å². The van der Waals surface area contributed by atoms with Crippen LogP contribution in [0.5, 0.6) is 5.75 Å². The fraction of sp³-hybridized carbons (Fsp3) is 0.294. The van der Waals surface area contributed by atoms with Crippen molar-refractivity contribution in [3.05, 3.63) is 53.1 Å². The van der Waals surface area contributed by atoms with Crippen LogP contribution >= 0.6 is 0 Å². The molecule has 0 aliphatic carbocycles. The standard InChI is InChI=1S/C17H21NO3S/c1-5-21-16-9-6-12(2)10-17(16)22(19,20)18-15-8-7-13(3)14(4)11-15/h6-11,18H,5H2,1-4H3. The molecule has 0 atom stereocenters. The van der Waals surface area contributed by atoms with Gasteiger partial charge in [-0.15, -0.1) is 0 Å². The van der Waals surface area contributed by atoms with E-state index in [0.29, 0.717) is 18.0 Å². The molecule has 0 fully saturated rings. The second-order valence-corrected chi connectivity index (χ2v) is 6.94. The minimum Gasteiger partial charge on any atom is -0.492 e. The summed E-state index contributed by atoms with van der Waals surface area (Å²) in [6.07, 6.45) is 0. The number of ether oxygens (including phenoxy) is 1. The molecule has 0 amide bonds. The van der Waals surface area contributed by atoms with Crippen molar-refractivity contribution in [3.63, 3.8) is 0 Å². The maximum atomic E-state index is 12.7. The van der Waals surface area contributed by atoms with Gasteiger partial charge in [-0.1, -0.05) is 12.1 Å². The second-order valence-electron chi connectivity index (χ2n) is 5.29. The average molecular weight is 319 g/mol. The van der Waals surface area contributed by atoms with Gasteiger partial charge in [0.2, 0.25) is 0 Å². The summed E-state index contributed by atoms with van der Waals surface area (Å²) in [5.74, 6) is 0.365. The summed E-state index contributed by atoms with van der Waals surface area (Å²) >= 11 is 0. The Hall–Kier alpha value is -2.01. The summed E-state index contributed by atoms with van der Waals surface area (Å²) in [6, 6.07) is 10.6. The van der Waals surface area contributed by atoms with E-state index in [2.05, 4.69) is 4.72 Å². The Morgan fingerprint density at radius 2 is 1.73 bits per heavy atom. The summed E-state index contributed by atoms with van der Waals surface area (Å²) in [4.78, 5) is 0.160. The smallest absolute Gasteiger partial charge is 0.265 e. The van der Waals surface area contributed by atoms with Crippen molar-refractivity contribution < 1.29 is 13.2 Å². The van der Waals surface area contributed by atoms with Gasteiger partial charge in [0.05, 0.1) is 6.61 Å². The summed E-state index contributed by atoms with van der Waals surface area (Å²) in [6.45, 7) is 8.03. The molecule has 0 bridgehead atoms. The lowest BCUT2D eigenvalue weighted by Crippen LogP contribution is -2.15. The first kappa shape index (κ1) is 16.4. The van der Waals surface area contributed by atoms with Crippen molar-refractivity contribution in [2.45, 2.75) is 32.6 Å². The molecule has 0 aliphatic rings. The van der Waals surface area contributed by atoms with Crippen molar-refractivity contribution in [1.29, 1.82) is 0 Å². The van der Waals surface area contributed by atoms with E-state index in [9.17, 15) is 8.42 Å². The molecule has 0 radical (unpaired) electrons. The fourth-order valence-corrected chi connectivity index (χ4v) is 3.40. The summed E-state index contributed by atoms with van der Waals surface area (Å²) in [5.41, 5.74) is 3.57. The molecule has 0 spiro atoms. The van der Waals surface area contributed by atoms with E-state index in [1.807, 2.05) is 45.9 Å². The maximum absolute atomic E-state index is 12.7. The highest BCUT2D eigenvalue weighted by atomic mass is 32.2. The van der Waals surface area contributed by atoms with Crippen LogP contribution in [-0.2, 0) is 10.0 Å². The van der Waals surface area contributed by atoms with Gasteiger partial charge in [0.15, 0.2) is 0 Å². The van der Waals surface area contributed by atoms with Crippen molar-refractivity contribution in [2.24, 2.45) is 0 Å². The lowest BCUT2D eigenvalue weighted by atomic mass is 10.1. The van der Waals surface area contributed by atoms with Gasteiger partial charge in [0.25, 0.3) is 10.0 Å². The molecule has 1 N–H and O–H groups in total. The van der Waals surface area contributed by atoms with E-state index in [0.717, 1.165) is 16.7 Å². The van der Waals surface area contributed by atoms with Crippen molar-refractivity contribution in [3.8, 4) is 5.75 Å². The van der Waals surface area contributed by atoms with Gasteiger partial charge in [-0.3, -0.25) is 4.72 Å². The van der Waals surface area contributed by atoms with Gasteiger partial charge in [0.1, 0.15) is 10.6 Å². The number of nitrogens with one attached hydrogen (secondary N) is 1. The van der Waals surface area contributed by atoms with Crippen LogP contribution in [0.25, 0.3) is 0 Å². The first-order valence-electron chi connectivity index (χ1n) is 7.17. The molecule has 0 aromatic heterocycles. The Morgan fingerprint density at radius 3 is 2.36 bits per heavy atom. The molecule has 22 heavy (non-hydrogen) atoms. The molecular weight excluding hydrogens is 298 g/mol. The first-order valence-corrected chi connectivity index (χ1v) is 8.65. The lowest BCUT2D eigenvalue weighted by Gasteiger charge is -2.14. The van der Waals surface area contributed by atoms with Crippen LogP contribution in [0.15, 0.2) is 41.3 Å². The molecule has 2 rings (SSSR count). The molecule has 4 nitrogen and oxygen atoms in total. The summed E-state index contributed by atoms with van der Waals surface area (Å²) in [7, 11) is -3.69. The van der Waals surface area contributed by atoms with Gasteiger partial charge in [-0.2, -0.15) is 0 Å². The molecule has 5 heteroatoms. The van der Waals surface area contributed by atoms with E-state index in [1.54, 1.807) is 18.2 Å². The van der Waals surface area contributed by atoms with Crippen LogP contribution in [0.3, 0.4) is 0 Å². The summed E-state index contributed by atoms with van der Waals surface area (Å²) < 4.78 is 33.4. The van der Waals surface area contributed by atoms with E-state index in [-0.39, 0.29) is 4.90 Å². The fourth-order valence-electron chi connectivity index (χ4n) is 2.12. The lowest BCUT2D eigenvalue weighted by molar-refractivity contribution is 0.331. The van der Waals surface area contributed by atoms with Gasteiger partial charge in [-0.25, -0.2) is 8.42 Å². The number of anilines is 1. The highest BCUT2D eigenvalue weighted by Crippen LogP contribution is 2.27. The van der Waals surface area contributed by atoms with Crippen LogP contribution in [0.2, 0.25) is 0 Å². The van der Waals surface area contributed by atoms with Gasteiger partial charge >= 0.3 is 0 Å². The highest BCUT2D eigenvalue weighted by Gasteiger charge is 2.20. The maximum Gasteiger partial charge on any atom is 0.265 e. The zero-order chi connectivity index (χ0) is 16.3. The Bertz CT molecular complexity index is 782. The molecular formula is C17H21NO3S. The number of hydrogen-bond acceptors (Lipinski definition) is 3. The van der Waals surface area contributed by atoms with Crippen LogP contribution in [-0.4, -0.2) is 15.0 Å². The van der Waals surface area contributed by atoms with Crippen LogP contribution in [0, 0.1) is 20.8 Å². The third kappa shape index (κ3) is 3.60. The monoisotopic (exact) mass is 319 g/mol. The largest absolute Gasteiger partial charge is 0.492 e. The SMILES string of the molecule is CCOc1ccc(C)cc1S(=O)(=O)Nc1ccc(C)c(C)c1. The zero-order valence-corrected chi connectivity index (χ0v) is 14.1. The van der Waals surface area contributed by atoms with E-state index in [4.69, 9.17) is 4.74 Å². The topological polar surface area (TPSA) is 55.4 Å². The highest BCUT2D eigenvalue weighted by molar-refractivity contribution is 7.92. The molecule has 0 saturated heterocycles. The molecule has 118 valence electrons. The minimum absolute atomic E-state index is 0.160. The van der Waals surface area contributed by atoms with Crippen molar-refractivity contribution in [2.75, 3.05) is 11.3 Å². The van der Waals surface area contributed by atoms with Crippen molar-refractivity contribution in [1.82, 2.24) is 0 Å². The Morgan fingerprint density at radius 1 is 1.00 bits per heavy atom. The van der Waals surface area contributed by atoms with Crippen LogP contribution in [0.4, 0.5) is 5.69 Å². The number of sulfonamides is 1. The predicted molar refractivity (Wildman–Crippen MR) is 89.1 cm³/mol. The third-order valence-electron chi connectivity index (χ3n) is 3.45. The van der Waals surface area contributed by atoms with Gasteiger partial charge < -0.3 is 4.74 Å². The van der Waals surface area contributed by atoms with Crippen LogP contribution in [0.1, 0.15) is 23.6 Å². The van der Waals surface area contributed by atoms with Gasteiger partial charge in [0, 0.05) is 5.69 Å². The predicted octanol–water partition coefficient (Wildman–Crippen LogP) is 3.81. The van der Waals surface area contributed by atoms with E-state index < -0.39 is 10.0 Å². The number of benzene rings is 2. The third-order valence-corrected chi connectivity index (χ3v) is 4.85. The van der Waals surface area contributed by atoms with Crippen LogP contribution < -0.4 is 9.46 Å². The first-order chi connectivity index (χ1) is 10.3. The summed E-state index contributed by atoms with van der Waals surface area (Å²) in [5, 5.41) is 0. The minimum atomic E-state index is -3.69. The molecule has 2 aromatic rings. The molecule has 0 unspecified atom stereocenters. The molecule has 0 aliphatic heterocycles.